The fraction of sp³-hybridized carbons (Fsp3) is 0.222. The minimum atomic E-state index is -0.606. The highest BCUT2D eigenvalue weighted by atomic mass is 32.1. The lowest BCUT2D eigenvalue weighted by Crippen LogP contribution is -2.16. The number of aryl methyl sites for hydroxylation is 1. The van der Waals surface area contributed by atoms with Gasteiger partial charge in [0.1, 0.15) is 17.2 Å². The van der Waals surface area contributed by atoms with Crippen molar-refractivity contribution in [2.75, 3.05) is 14.2 Å². The van der Waals surface area contributed by atoms with Gasteiger partial charge < -0.3 is 18.4 Å². The van der Waals surface area contributed by atoms with Gasteiger partial charge in [0, 0.05) is 17.5 Å². The predicted molar refractivity (Wildman–Crippen MR) is 101 cm³/mol. The van der Waals surface area contributed by atoms with Crippen molar-refractivity contribution >= 4 is 11.3 Å². The maximum atomic E-state index is 12.2. The average Bonchev–Trinajstić information content (AvgIpc) is 3.42. The molecule has 0 atom stereocenters. The third-order valence-electron chi connectivity index (χ3n) is 3.95. The number of methoxy groups -OCH3 is 2. The molecule has 0 unspecified atom stereocenters. The normalized spacial score (nSPS) is 11.0. The molecule has 144 valence electrons. The molecule has 3 aromatic heterocycles. The Labute approximate surface area is 163 Å². The van der Waals surface area contributed by atoms with Gasteiger partial charge in [-0.3, -0.25) is 0 Å². The van der Waals surface area contributed by atoms with Crippen molar-refractivity contribution in [1.82, 2.24) is 19.9 Å². The summed E-state index contributed by atoms with van der Waals surface area (Å²) in [7, 11) is 3.12. The van der Waals surface area contributed by atoms with E-state index in [-0.39, 0.29) is 12.4 Å². The fourth-order valence-electron chi connectivity index (χ4n) is 2.61. The quantitative estimate of drug-likeness (QED) is 0.486. The minimum Gasteiger partial charge on any atom is -0.497 e. The number of nitrogens with zero attached hydrogens (tertiary/aromatic N) is 4. The highest BCUT2D eigenvalue weighted by Crippen LogP contribution is 2.26. The molecule has 0 N–H and O–H groups in total. The Balaban J connectivity index is 1.61. The molecule has 0 bridgehead atoms. The van der Waals surface area contributed by atoms with Crippen molar-refractivity contribution in [3.05, 3.63) is 50.8 Å². The summed E-state index contributed by atoms with van der Waals surface area (Å²) in [6, 6.07) is 6.97. The van der Waals surface area contributed by atoms with Gasteiger partial charge in [-0.2, -0.15) is 4.68 Å². The van der Waals surface area contributed by atoms with Gasteiger partial charge in [0.05, 0.1) is 25.8 Å². The van der Waals surface area contributed by atoms with E-state index in [1.54, 1.807) is 38.5 Å². The van der Waals surface area contributed by atoms with Gasteiger partial charge in [-0.25, -0.2) is 9.78 Å². The zero-order chi connectivity index (χ0) is 19.7. The molecule has 0 radical (unpaired) electrons. The van der Waals surface area contributed by atoms with Crippen molar-refractivity contribution in [3.8, 4) is 34.5 Å². The van der Waals surface area contributed by atoms with E-state index in [4.69, 9.17) is 18.4 Å². The first-order valence-electron chi connectivity index (χ1n) is 8.25. The zero-order valence-corrected chi connectivity index (χ0v) is 16.1. The SMILES string of the molecule is COc1cc(Cn2nc(-c3cc(-c4csc(C)n4)on3)oc2=O)cc(OC)c1. The van der Waals surface area contributed by atoms with E-state index in [9.17, 15) is 4.79 Å². The summed E-state index contributed by atoms with van der Waals surface area (Å²) in [5.74, 6) is 1.18. The van der Waals surface area contributed by atoms with E-state index in [1.165, 1.54) is 16.0 Å². The Morgan fingerprint density at radius 1 is 1.11 bits per heavy atom. The number of hydrogen-bond donors (Lipinski definition) is 0. The monoisotopic (exact) mass is 400 g/mol. The lowest BCUT2D eigenvalue weighted by Gasteiger charge is -2.07. The van der Waals surface area contributed by atoms with Gasteiger partial charge >= 0.3 is 5.76 Å². The van der Waals surface area contributed by atoms with Crippen molar-refractivity contribution in [2.45, 2.75) is 13.5 Å². The van der Waals surface area contributed by atoms with Gasteiger partial charge in [0.2, 0.25) is 0 Å². The highest BCUT2D eigenvalue weighted by molar-refractivity contribution is 7.09. The maximum Gasteiger partial charge on any atom is 0.437 e. The first kappa shape index (κ1) is 18.0. The van der Waals surface area contributed by atoms with Gasteiger partial charge in [0.15, 0.2) is 11.5 Å². The van der Waals surface area contributed by atoms with Crippen LogP contribution in [-0.4, -0.2) is 34.1 Å². The van der Waals surface area contributed by atoms with Crippen molar-refractivity contribution in [3.63, 3.8) is 0 Å². The molecule has 0 spiro atoms. The van der Waals surface area contributed by atoms with Gasteiger partial charge in [-0.05, 0) is 24.6 Å². The molecule has 0 aliphatic carbocycles. The number of benzene rings is 1. The molecule has 0 saturated heterocycles. The third-order valence-corrected chi connectivity index (χ3v) is 4.72. The molecular weight excluding hydrogens is 384 g/mol. The second-order valence-electron chi connectivity index (χ2n) is 5.88. The van der Waals surface area contributed by atoms with Crippen molar-refractivity contribution in [2.24, 2.45) is 0 Å². The van der Waals surface area contributed by atoms with Crippen LogP contribution in [0, 0.1) is 6.92 Å². The number of hydrogen-bond acceptors (Lipinski definition) is 9. The van der Waals surface area contributed by atoms with Crippen LogP contribution in [0.25, 0.3) is 23.0 Å². The molecule has 10 heteroatoms. The molecule has 0 saturated carbocycles. The molecule has 0 aliphatic rings. The Morgan fingerprint density at radius 2 is 1.86 bits per heavy atom. The molecule has 9 nitrogen and oxygen atoms in total. The van der Waals surface area contributed by atoms with Gasteiger partial charge in [-0.15, -0.1) is 16.4 Å². The van der Waals surface area contributed by atoms with Crippen LogP contribution in [-0.2, 0) is 6.54 Å². The van der Waals surface area contributed by atoms with E-state index in [0.29, 0.717) is 28.6 Å². The van der Waals surface area contributed by atoms with E-state index in [0.717, 1.165) is 10.6 Å². The largest absolute Gasteiger partial charge is 0.497 e. The zero-order valence-electron chi connectivity index (χ0n) is 15.3. The summed E-state index contributed by atoms with van der Waals surface area (Å²) in [5.41, 5.74) is 1.77. The van der Waals surface area contributed by atoms with Crippen LogP contribution < -0.4 is 15.2 Å². The summed E-state index contributed by atoms with van der Waals surface area (Å²) in [4.78, 5) is 16.6. The highest BCUT2D eigenvalue weighted by Gasteiger charge is 2.17. The molecule has 1 aromatic carbocycles. The molecule has 4 aromatic rings. The Bertz CT molecular complexity index is 1150. The van der Waals surface area contributed by atoms with Crippen LogP contribution in [0.15, 0.2) is 43.4 Å². The average molecular weight is 400 g/mol. The Hall–Kier alpha value is -3.40. The number of rotatable bonds is 6. The summed E-state index contributed by atoms with van der Waals surface area (Å²) >= 11 is 1.51. The van der Waals surface area contributed by atoms with E-state index in [1.807, 2.05) is 12.3 Å². The minimum absolute atomic E-state index is 0.0711. The number of thiazole rings is 1. The lowest BCUT2D eigenvalue weighted by molar-refractivity contribution is 0.392. The van der Waals surface area contributed by atoms with Crippen LogP contribution in [0.1, 0.15) is 10.6 Å². The van der Waals surface area contributed by atoms with E-state index in [2.05, 4.69) is 15.2 Å². The first-order valence-corrected chi connectivity index (χ1v) is 9.13. The summed E-state index contributed by atoms with van der Waals surface area (Å²) < 4.78 is 22.2. The molecule has 0 aliphatic heterocycles. The standard InChI is InChI=1S/C18H16N4O5S/c1-10-19-15(9-28-10)16-7-14(21-27-16)17-20-22(18(23)26-17)8-11-4-12(24-2)6-13(5-11)25-3/h4-7,9H,8H2,1-3H3. The van der Waals surface area contributed by atoms with Crippen LogP contribution in [0.4, 0.5) is 0 Å². The van der Waals surface area contributed by atoms with Crippen molar-refractivity contribution < 1.29 is 18.4 Å². The summed E-state index contributed by atoms with van der Waals surface area (Å²) in [6.45, 7) is 2.09. The molecule has 0 fully saturated rings. The smallest absolute Gasteiger partial charge is 0.437 e. The molecule has 28 heavy (non-hydrogen) atoms. The Kier molecular flexibility index (Phi) is 4.70. The van der Waals surface area contributed by atoms with Crippen LogP contribution in [0.3, 0.4) is 0 Å². The van der Waals surface area contributed by atoms with Crippen molar-refractivity contribution in [1.29, 1.82) is 0 Å². The second-order valence-corrected chi connectivity index (χ2v) is 6.94. The number of ether oxygens (including phenoxy) is 2. The summed E-state index contributed by atoms with van der Waals surface area (Å²) in [6.07, 6.45) is 0. The lowest BCUT2D eigenvalue weighted by atomic mass is 10.2. The third kappa shape index (κ3) is 3.54. The molecule has 3 heterocycles. The summed E-state index contributed by atoms with van der Waals surface area (Å²) in [5, 5.41) is 10.9. The van der Waals surface area contributed by atoms with Crippen LogP contribution in [0.5, 0.6) is 11.5 Å². The van der Waals surface area contributed by atoms with Gasteiger partial charge in [-0.1, -0.05) is 5.16 Å². The van der Waals surface area contributed by atoms with E-state index >= 15 is 0 Å². The maximum absolute atomic E-state index is 12.2. The number of aromatic nitrogens is 4. The molecule has 0 amide bonds. The van der Waals surface area contributed by atoms with Crippen LogP contribution >= 0.6 is 11.3 Å². The Morgan fingerprint density at radius 3 is 2.50 bits per heavy atom. The second kappa shape index (κ2) is 7.31. The predicted octanol–water partition coefficient (Wildman–Crippen LogP) is 2.99. The first-order chi connectivity index (χ1) is 13.6. The van der Waals surface area contributed by atoms with E-state index < -0.39 is 5.76 Å². The fourth-order valence-corrected chi connectivity index (χ4v) is 3.22. The van der Waals surface area contributed by atoms with Gasteiger partial charge in [0.25, 0.3) is 5.89 Å². The molecular formula is C18H16N4O5S. The van der Waals surface area contributed by atoms with Crippen LogP contribution in [0.2, 0.25) is 0 Å². The topological polar surface area (TPSA) is 105 Å². The molecule has 4 rings (SSSR count).